The van der Waals surface area contributed by atoms with Gasteiger partial charge in [-0.2, -0.15) is 0 Å². The second-order valence-corrected chi connectivity index (χ2v) is 9.07. The zero-order chi connectivity index (χ0) is 23.9. The van der Waals surface area contributed by atoms with E-state index in [0.717, 1.165) is 44.2 Å². The summed E-state index contributed by atoms with van der Waals surface area (Å²) in [5, 5.41) is 9.28. The van der Waals surface area contributed by atoms with E-state index in [1.807, 2.05) is 36.4 Å². The van der Waals surface area contributed by atoms with Gasteiger partial charge in [-0.15, -0.1) is 0 Å². The quantitative estimate of drug-likeness (QED) is 0.640. The third-order valence-electron chi connectivity index (χ3n) is 7.06. The van der Waals surface area contributed by atoms with Crippen molar-refractivity contribution in [1.82, 2.24) is 9.88 Å². The maximum absolute atomic E-state index is 13.5. The maximum Gasteiger partial charge on any atom is 0.306 e. The van der Waals surface area contributed by atoms with Gasteiger partial charge in [-0.3, -0.25) is 19.4 Å². The highest BCUT2D eigenvalue weighted by molar-refractivity contribution is 5.94. The van der Waals surface area contributed by atoms with Crippen molar-refractivity contribution in [2.75, 3.05) is 56.2 Å². The predicted octanol–water partition coefficient (Wildman–Crippen LogP) is 3.14. The lowest BCUT2D eigenvalue weighted by Gasteiger charge is -2.38. The number of anilines is 2. The number of carbonyl (C=O) groups is 2. The van der Waals surface area contributed by atoms with Gasteiger partial charge < -0.3 is 14.7 Å². The average molecular weight is 467 g/mol. The Labute approximate surface area is 201 Å². The molecule has 1 saturated heterocycles. The number of benzene rings is 1. The highest BCUT2D eigenvalue weighted by Crippen LogP contribution is 2.31. The molecule has 1 aromatic heterocycles. The first kappa shape index (κ1) is 24.0. The first-order valence-electron chi connectivity index (χ1n) is 12.1. The molecule has 0 unspecified atom stereocenters. The minimum Gasteiger partial charge on any atom is -0.495 e. The summed E-state index contributed by atoms with van der Waals surface area (Å²) in [4.78, 5) is 35.7. The minimum absolute atomic E-state index is 0.0650. The summed E-state index contributed by atoms with van der Waals surface area (Å²) in [6, 6.07) is 13.7. The molecule has 0 spiro atoms. The molecule has 0 radical (unpaired) electrons. The molecule has 1 aliphatic carbocycles. The van der Waals surface area contributed by atoms with Crippen LogP contribution in [0.3, 0.4) is 0 Å². The lowest BCUT2D eigenvalue weighted by Crippen LogP contribution is -2.50. The first-order valence-corrected chi connectivity index (χ1v) is 12.1. The Hall–Kier alpha value is -3.13. The van der Waals surface area contributed by atoms with Gasteiger partial charge in [0.1, 0.15) is 11.6 Å². The summed E-state index contributed by atoms with van der Waals surface area (Å²) >= 11 is 0. The second-order valence-electron chi connectivity index (χ2n) is 9.07. The van der Waals surface area contributed by atoms with Crippen LogP contribution in [0.5, 0.6) is 5.75 Å². The fourth-order valence-corrected chi connectivity index (χ4v) is 5.00. The van der Waals surface area contributed by atoms with Crippen LogP contribution in [0.2, 0.25) is 0 Å². The summed E-state index contributed by atoms with van der Waals surface area (Å²) < 4.78 is 5.52. The van der Waals surface area contributed by atoms with Gasteiger partial charge >= 0.3 is 5.97 Å². The summed E-state index contributed by atoms with van der Waals surface area (Å²) in [7, 11) is 1.70. The molecule has 182 valence electrons. The molecule has 8 heteroatoms. The molecule has 1 N–H and O–H groups in total. The first-order chi connectivity index (χ1) is 16.6. The van der Waals surface area contributed by atoms with Gasteiger partial charge in [-0.25, -0.2) is 4.98 Å². The normalized spacial score (nSPS) is 21.1. The Kier molecular flexibility index (Phi) is 8.00. The van der Waals surface area contributed by atoms with Crippen molar-refractivity contribution in [3.63, 3.8) is 0 Å². The molecule has 2 heterocycles. The third kappa shape index (κ3) is 5.67. The Morgan fingerprint density at radius 1 is 1.00 bits per heavy atom. The highest BCUT2D eigenvalue weighted by Gasteiger charge is 2.33. The summed E-state index contributed by atoms with van der Waals surface area (Å²) in [6.45, 7) is 4.96. The van der Waals surface area contributed by atoms with Crippen LogP contribution in [0, 0.1) is 11.8 Å². The molecule has 1 aliphatic heterocycles. The summed E-state index contributed by atoms with van der Waals surface area (Å²) in [6.07, 6.45) is 4.08. The van der Waals surface area contributed by atoms with Gasteiger partial charge in [0.2, 0.25) is 5.91 Å². The van der Waals surface area contributed by atoms with Crippen LogP contribution >= 0.6 is 0 Å². The molecule has 4 rings (SSSR count). The number of carboxylic acid groups (broad SMARTS) is 1. The van der Waals surface area contributed by atoms with Crippen molar-refractivity contribution < 1.29 is 19.4 Å². The van der Waals surface area contributed by atoms with Crippen molar-refractivity contribution in [1.29, 1.82) is 0 Å². The largest absolute Gasteiger partial charge is 0.495 e. The summed E-state index contributed by atoms with van der Waals surface area (Å²) in [5.41, 5.74) is 1.12. The maximum atomic E-state index is 13.5. The Balaban J connectivity index is 1.36. The van der Waals surface area contributed by atoms with Gasteiger partial charge in [0.05, 0.1) is 18.7 Å². The number of aliphatic carboxylic acids is 1. The smallest absolute Gasteiger partial charge is 0.306 e. The Bertz CT molecular complexity index is 954. The van der Waals surface area contributed by atoms with Crippen molar-refractivity contribution in [2.24, 2.45) is 11.8 Å². The number of amides is 1. The van der Waals surface area contributed by atoms with E-state index >= 15 is 0 Å². The zero-order valence-electron chi connectivity index (χ0n) is 19.8. The number of carbonyl (C=O) groups excluding carboxylic acids is 1. The third-order valence-corrected chi connectivity index (χ3v) is 7.06. The van der Waals surface area contributed by atoms with E-state index in [1.54, 1.807) is 18.2 Å². The van der Waals surface area contributed by atoms with E-state index in [2.05, 4.69) is 20.9 Å². The van der Waals surface area contributed by atoms with Gasteiger partial charge in [-0.1, -0.05) is 18.2 Å². The molecule has 0 bridgehead atoms. The number of carboxylic acids is 1. The molecule has 34 heavy (non-hydrogen) atoms. The number of methoxy groups -OCH3 is 1. The molecular formula is C26H34N4O4. The van der Waals surface area contributed by atoms with Crippen LogP contribution < -0.4 is 14.5 Å². The van der Waals surface area contributed by atoms with E-state index in [9.17, 15) is 14.7 Å². The average Bonchev–Trinajstić information content (AvgIpc) is 2.89. The van der Waals surface area contributed by atoms with E-state index < -0.39 is 5.97 Å². The van der Waals surface area contributed by atoms with Crippen molar-refractivity contribution in [3.8, 4) is 5.75 Å². The monoisotopic (exact) mass is 466 g/mol. The second kappa shape index (κ2) is 11.3. The predicted molar refractivity (Wildman–Crippen MR) is 131 cm³/mol. The van der Waals surface area contributed by atoms with Crippen LogP contribution in [0.1, 0.15) is 25.7 Å². The molecule has 2 aromatic rings. The van der Waals surface area contributed by atoms with Gasteiger partial charge in [0, 0.05) is 51.4 Å². The minimum atomic E-state index is -0.750. The fourth-order valence-electron chi connectivity index (χ4n) is 5.00. The summed E-state index contributed by atoms with van der Waals surface area (Å²) in [5.74, 6) is 0.405. The molecule has 2 fully saturated rings. The van der Waals surface area contributed by atoms with Gasteiger partial charge in [-0.05, 0) is 49.9 Å². The van der Waals surface area contributed by atoms with Crippen LogP contribution in [0.25, 0.3) is 0 Å². The molecule has 1 saturated carbocycles. The van der Waals surface area contributed by atoms with Crippen LogP contribution in [-0.2, 0) is 9.59 Å². The molecular weight excluding hydrogens is 432 g/mol. The number of aromatic nitrogens is 1. The van der Waals surface area contributed by atoms with Crippen molar-refractivity contribution in [2.45, 2.75) is 25.7 Å². The number of hydrogen-bond donors (Lipinski definition) is 1. The molecule has 2 aliphatic rings. The Morgan fingerprint density at radius 2 is 1.68 bits per heavy atom. The lowest BCUT2D eigenvalue weighted by atomic mass is 9.81. The standard InChI is InChI=1S/C26H34N4O4/c1-34-23-7-3-2-6-22(23)29-17-14-28(15-18-29)16-19-30(24-8-4-5-13-27-24)25(31)20-9-11-21(12-10-20)26(32)33/h2-8,13,20-21H,9-12,14-19H2,1H3,(H,32,33)/t20-,21-. The molecule has 1 amide bonds. The number of para-hydroxylation sites is 2. The van der Waals surface area contributed by atoms with Gasteiger partial charge in [0.25, 0.3) is 0 Å². The van der Waals surface area contributed by atoms with E-state index in [0.29, 0.717) is 38.0 Å². The number of rotatable bonds is 8. The number of nitrogens with zero attached hydrogens (tertiary/aromatic N) is 4. The van der Waals surface area contributed by atoms with Gasteiger partial charge in [0.15, 0.2) is 0 Å². The Morgan fingerprint density at radius 3 is 2.32 bits per heavy atom. The molecule has 1 aromatic carbocycles. The van der Waals surface area contributed by atoms with Crippen LogP contribution in [0.4, 0.5) is 11.5 Å². The number of ether oxygens (including phenoxy) is 1. The van der Waals surface area contributed by atoms with Crippen molar-refractivity contribution >= 4 is 23.4 Å². The van der Waals surface area contributed by atoms with Crippen LogP contribution in [-0.4, -0.2) is 73.2 Å². The number of hydrogen-bond acceptors (Lipinski definition) is 6. The van der Waals surface area contributed by atoms with E-state index in [1.165, 1.54) is 0 Å². The van der Waals surface area contributed by atoms with E-state index in [4.69, 9.17) is 4.74 Å². The SMILES string of the molecule is COc1ccccc1N1CCN(CCN(c2ccccn2)C(=O)[C@H]2CC[C@H](C(=O)O)CC2)CC1. The zero-order valence-corrected chi connectivity index (χ0v) is 19.8. The fraction of sp³-hybridized carbons (Fsp3) is 0.500. The number of piperazine rings is 1. The lowest BCUT2D eigenvalue weighted by molar-refractivity contribution is -0.144. The van der Waals surface area contributed by atoms with Crippen molar-refractivity contribution in [3.05, 3.63) is 48.7 Å². The van der Waals surface area contributed by atoms with E-state index in [-0.39, 0.29) is 17.7 Å². The highest BCUT2D eigenvalue weighted by atomic mass is 16.5. The topological polar surface area (TPSA) is 86.2 Å². The molecule has 8 nitrogen and oxygen atoms in total. The van der Waals surface area contributed by atoms with Crippen LogP contribution in [0.15, 0.2) is 48.7 Å². The number of pyridine rings is 1. The molecule has 0 atom stereocenters.